The summed E-state index contributed by atoms with van der Waals surface area (Å²) >= 11 is 0. The summed E-state index contributed by atoms with van der Waals surface area (Å²) in [5.74, 6) is 2.85. The first-order valence-electron chi connectivity index (χ1n) is 6.64. The van der Waals surface area contributed by atoms with Gasteiger partial charge in [0.15, 0.2) is 17.3 Å². The Morgan fingerprint density at radius 3 is 2.80 bits per heavy atom. The highest BCUT2D eigenvalue weighted by Crippen LogP contribution is 2.32. The van der Waals surface area contributed by atoms with E-state index in [-0.39, 0.29) is 6.04 Å². The van der Waals surface area contributed by atoms with Crippen LogP contribution in [0.5, 0.6) is 11.5 Å². The maximum Gasteiger partial charge on any atom is 0.223 e. The molecule has 0 bridgehead atoms. The van der Waals surface area contributed by atoms with E-state index in [0.717, 1.165) is 17.1 Å². The van der Waals surface area contributed by atoms with E-state index in [9.17, 15) is 0 Å². The van der Waals surface area contributed by atoms with Gasteiger partial charge < -0.3 is 19.3 Å². The minimum Gasteiger partial charge on any atom is -0.486 e. The standard InChI is InChI=1S/C14H17N3O3/c1-9(15-8-14-16-10(2)20-17-14)11-3-4-12-13(7-11)19-6-5-18-12/h3-4,7,9,15H,5-6,8H2,1-2H3. The second kappa shape index (κ2) is 5.50. The van der Waals surface area contributed by atoms with Gasteiger partial charge in [-0.05, 0) is 24.6 Å². The summed E-state index contributed by atoms with van der Waals surface area (Å²) in [4.78, 5) is 4.16. The van der Waals surface area contributed by atoms with Gasteiger partial charge in [-0.1, -0.05) is 11.2 Å². The van der Waals surface area contributed by atoms with E-state index in [4.69, 9.17) is 14.0 Å². The highest BCUT2D eigenvalue weighted by molar-refractivity contribution is 5.44. The van der Waals surface area contributed by atoms with Crippen LogP contribution in [0, 0.1) is 6.92 Å². The van der Waals surface area contributed by atoms with Crippen molar-refractivity contribution in [1.82, 2.24) is 15.5 Å². The lowest BCUT2D eigenvalue weighted by molar-refractivity contribution is 0.171. The molecule has 1 atom stereocenters. The van der Waals surface area contributed by atoms with Crippen LogP contribution in [0.15, 0.2) is 22.7 Å². The molecule has 0 amide bonds. The molecule has 0 saturated heterocycles. The Kier molecular flexibility index (Phi) is 3.56. The number of aromatic nitrogens is 2. The number of ether oxygens (including phenoxy) is 2. The zero-order valence-electron chi connectivity index (χ0n) is 11.5. The Bertz CT molecular complexity index is 597. The molecular formula is C14H17N3O3. The molecule has 0 fully saturated rings. The second-order valence-electron chi connectivity index (χ2n) is 4.74. The van der Waals surface area contributed by atoms with Crippen LogP contribution in [0.2, 0.25) is 0 Å². The highest BCUT2D eigenvalue weighted by Gasteiger charge is 2.14. The molecule has 0 aliphatic carbocycles. The van der Waals surface area contributed by atoms with Gasteiger partial charge in [-0.15, -0.1) is 0 Å². The van der Waals surface area contributed by atoms with E-state index in [2.05, 4.69) is 22.4 Å². The average Bonchev–Trinajstić information content (AvgIpc) is 2.90. The first-order chi connectivity index (χ1) is 9.72. The predicted molar refractivity (Wildman–Crippen MR) is 71.7 cm³/mol. The summed E-state index contributed by atoms with van der Waals surface area (Å²) in [6.45, 7) is 5.63. The number of nitrogens with one attached hydrogen (secondary N) is 1. The predicted octanol–water partition coefficient (Wildman–Crippen LogP) is 2.00. The Hall–Kier alpha value is -2.08. The zero-order valence-corrected chi connectivity index (χ0v) is 11.5. The number of hydrogen-bond donors (Lipinski definition) is 1. The minimum absolute atomic E-state index is 0.157. The largest absolute Gasteiger partial charge is 0.486 e. The van der Waals surface area contributed by atoms with Gasteiger partial charge in [-0.25, -0.2) is 0 Å². The highest BCUT2D eigenvalue weighted by atomic mass is 16.6. The van der Waals surface area contributed by atoms with Crippen LogP contribution in [-0.2, 0) is 6.54 Å². The fourth-order valence-corrected chi connectivity index (χ4v) is 2.10. The molecule has 6 nitrogen and oxygen atoms in total. The van der Waals surface area contributed by atoms with E-state index < -0.39 is 0 Å². The molecular weight excluding hydrogens is 258 g/mol. The Morgan fingerprint density at radius 2 is 2.05 bits per heavy atom. The monoisotopic (exact) mass is 275 g/mol. The van der Waals surface area contributed by atoms with E-state index in [1.165, 1.54) is 0 Å². The summed E-state index contributed by atoms with van der Waals surface area (Å²) in [5.41, 5.74) is 1.13. The average molecular weight is 275 g/mol. The fraction of sp³-hybridized carbons (Fsp3) is 0.429. The van der Waals surface area contributed by atoms with Crippen molar-refractivity contribution >= 4 is 0 Å². The van der Waals surface area contributed by atoms with Crippen LogP contribution < -0.4 is 14.8 Å². The zero-order chi connectivity index (χ0) is 13.9. The van der Waals surface area contributed by atoms with Crippen LogP contribution in [0.1, 0.15) is 30.2 Å². The van der Waals surface area contributed by atoms with Crippen LogP contribution >= 0.6 is 0 Å². The molecule has 2 aromatic rings. The number of aryl methyl sites for hydroxylation is 1. The van der Waals surface area contributed by atoms with Crippen molar-refractivity contribution in [3.63, 3.8) is 0 Å². The van der Waals surface area contributed by atoms with Crippen molar-refractivity contribution in [3.05, 3.63) is 35.5 Å². The first kappa shape index (κ1) is 12.9. The molecule has 0 spiro atoms. The summed E-state index contributed by atoms with van der Waals surface area (Å²) < 4.78 is 16.0. The molecule has 20 heavy (non-hydrogen) atoms. The number of benzene rings is 1. The molecule has 1 unspecified atom stereocenters. The lowest BCUT2D eigenvalue weighted by Gasteiger charge is -2.20. The maximum atomic E-state index is 5.59. The van der Waals surface area contributed by atoms with Gasteiger partial charge in [-0.2, -0.15) is 4.98 Å². The number of hydrogen-bond acceptors (Lipinski definition) is 6. The minimum atomic E-state index is 0.157. The molecule has 1 aromatic carbocycles. The van der Waals surface area contributed by atoms with E-state index in [0.29, 0.717) is 31.5 Å². The molecule has 1 N–H and O–H groups in total. The second-order valence-corrected chi connectivity index (χ2v) is 4.74. The van der Waals surface area contributed by atoms with Crippen molar-refractivity contribution in [2.24, 2.45) is 0 Å². The SMILES string of the molecule is Cc1nc(CNC(C)c2ccc3c(c2)OCCO3)no1. The Labute approximate surface area is 117 Å². The number of nitrogens with zero attached hydrogens (tertiary/aromatic N) is 2. The topological polar surface area (TPSA) is 69.4 Å². The van der Waals surface area contributed by atoms with Crippen LogP contribution in [0.4, 0.5) is 0 Å². The smallest absolute Gasteiger partial charge is 0.223 e. The third kappa shape index (κ3) is 2.75. The molecule has 3 rings (SSSR count). The van der Waals surface area contributed by atoms with E-state index in [1.807, 2.05) is 18.2 Å². The molecule has 106 valence electrons. The van der Waals surface area contributed by atoms with Crippen molar-refractivity contribution in [2.45, 2.75) is 26.4 Å². The normalized spacial score (nSPS) is 15.1. The van der Waals surface area contributed by atoms with Gasteiger partial charge in [0.2, 0.25) is 5.89 Å². The van der Waals surface area contributed by atoms with E-state index >= 15 is 0 Å². The lowest BCUT2D eigenvalue weighted by Crippen LogP contribution is -2.20. The van der Waals surface area contributed by atoms with Crippen LogP contribution in [-0.4, -0.2) is 23.4 Å². The third-order valence-corrected chi connectivity index (χ3v) is 3.20. The molecule has 0 radical (unpaired) electrons. The lowest BCUT2D eigenvalue weighted by atomic mass is 10.1. The van der Waals surface area contributed by atoms with Gasteiger partial charge in [0.25, 0.3) is 0 Å². The molecule has 1 aliphatic heterocycles. The number of fused-ring (bicyclic) bond motifs is 1. The third-order valence-electron chi connectivity index (χ3n) is 3.20. The van der Waals surface area contributed by atoms with Gasteiger partial charge in [0.05, 0.1) is 6.54 Å². The Morgan fingerprint density at radius 1 is 1.25 bits per heavy atom. The summed E-state index contributed by atoms with van der Waals surface area (Å²) in [6.07, 6.45) is 0. The molecule has 6 heteroatoms. The molecule has 1 aromatic heterocycles. The van der Waals surface area contributed by atoms with Gasteiger partial charge in [0, 0.05) is 13.0 Å². The fourth-order valence-electron chi connectivity index (χ4n) is 2.10. The summed E-state index contributed by atoms with van der Waals surface area (Å²) in [7, 11) is 0. The summed E-state index contributed by atoms with van der Waals surface area (Å²) in [6, 6.07) is 6.14. The van der Waals surface area contributed by atoms with Gasteiger partial charge in [0.1, 0.15) is 13.2 Å². The van der Waals surface area contributed by atoms with Crippen molar-refractivity contribution < 1.29 is 14.0 Å². The maximum absolute atomic E-state index is 5.59. The van der Waals surface area contributed by atoms with Gasteiger partial charge in [-0.3, -0.25) is 0 Å². The Balaban J connectivity index is 1.66. The van der Waals surface area contributed by atoms with Crippen molar-refractivity contribution in [2.75, 3.05) is 13.2 Å². The van der Waals surface area contributed by atoms with Crippen molar-refractivity contribution in [3.8, 4) is 11.5 Å². The van der Waals surface area contributed by atoms with Crippen LogP contribution in [0.25, 0.3) is 0 Å². The molecule has 0 saturated carbocycles. The number of rotatable bonds is 4. The molecule has 2 heterocycles. The van der Waals surface area contributed by atoms with Crippen LogP contribution in [0.3, 0.4) is 0 Å². The quantitative estimate of drug-likeness (QED) is 0.920. The molecule has 1 aliphatic rings. The van der Waals surface area contributed by atoms with Crippen molar-refractivity contribution in [1.29, 1.82) is 0 Å². The van der Waals surface area contributed by atoms with E-state index in [1.54, 1.807) is 6.92 Å². The van der Waals surface area contributed by atoms with Gasteiger partial charge >= 0.3 is 0 Å². The first-order valence-corrected chi connectivity index (χ1v) is 6.64. The summed E-state index contributed by atoms with van der Waals surface area (Å²) in [5, 5.41) is 7.21.